The van der Waals surface area contributed by atoms with Crippen molar-refractivity contribution in [3.63, 3.8) is 0 Å². The molecule has 2 aliphatic rings. The molecule has 0 aromatic carbocycles. The van der Waals surface area contributed by atoms with Gasteiger partial charge >= 0.3 is 0 Å². The molecule has 3 atom stereocenters. The molecule has 0 amide bonds. The van der Waals surface area contributed by atoms with Crippen molar-refractivity contribution >= 4 is 0 Å². The fourth-order valence-corrected chi connectivity index (χ4v) is 3.64. The van der Waals surface area contributed by atoms with Crippen molar-refractivity contribution in [2.45, 2.75) is 57.7 Å². The normalized spacial score (nSPS) is 30.9. The Bertz CT molecular complexity index is 414. The van der Waals surface area contributed by atoms with Gasteiger partial charge in [-0.15, -0.1) is 0 Å². The molecule has 2 heterocycles. The van der Waals surface area contributed by atoms with Gasteiger partial charge in [-0.25, -0.2) is 9.97 Å². The fourth-order valence-electron chi connectivity index (χ4n) is 3.64. The van der Waals surface area contributed by atoms with E-state index in [2.05, 4.69) is 20.6 Å². The second kappa shape index (κ2) is 5.97. The van der Waals surface area contributed by atoms with Crippen LogP contribution in [0.15, 0.2) is 12.3 Å². The van der Waals surface area contributed by atoms with Crippen molar-refractivity contribution in [1.29, 1.82) is 0 Å². The summed E-state index contributed by atoms with van der Waals surface area (Å²) < 4.78 is 0. The van der Waals surface area contributed by atoms with E-state index in [-0.39, 0.29) is 0 Å². The van der Waals surface area contributed by atoms with Crippen molar-refractivity contribution in [1.82, 2.24) is 20.6 Å². The van der Waals surface area contributed by atoms with Gasteiger partial charge in [0, 0.05) is 24.8 Å². The van der Waals surface area contributed by atoms with Gasteiger partial charge in [0.25, 0.3) is 0 Å². The molecule has 2 fully saturated rings. The predicted octanol–water partition coefficient (Wildman–Crippen LogP) is 1.80. The maximum absolute atomic E-state index is 4.47. The molecule has 3 unspecified atom stereocenters. The molecule has 1 aromatic rings. The van der Waals surface area contributed by atoms with Gasteiger partial charge in [-0.2, -0.15) is 0 Å². The number of aromatic nitrogens is 2. The predicted molar refractivity (Wildman–Crippen MR) is 75.8 cm³/mol. The van der Waals surface area contributed by atoms with Crippen LogP contribution in [0.5, 0.6) is 0 Å². The van der Waals surface area contributed by atoms with Crippen molar-refractivity contribution in [3.8, 4) is 0 Å². The first-order valence-corrected chi connectivity index (χ1v) is 7.58. The third-order valence-electron chi connectivity index (χ3n) is 4.56. The SMILES string of the molecule is Cc1nccc(CNC2CCCC2C2CCCN2)n1. The van der Waals surface area contributed by atoms with Crippen LogP contribution in [0, 0.1) is 12.8 Å². The van der Waals surface area contributed by atoms with Crippen molar-refractivity contribution in [2.24, 2.45) is 5.92 Å². The maximum Gasteiger partial charge on any atom is 0.125 e. The average Bonchev–Trinajstić information content (AvgIpc) is 3.07. The summed E-state index contributed by atoms with van der Waals surface area (Å²) in [6.45, 7) is 4.03. The van der Waals surface area contributed by atoms with E-state index in [1.807, 2.05) is 19.2 Å². The van der Waals surface area contributed by atoms with E-state index in [9.17, 15) is 0 Å². The first-order valence-electron chi connectivity index (χ1n) is 7.58. The molecule has 1 saturated heterocycles. The van der Waals surface area contributed by atoms with E-state index in [4.69, 9.17) is 0 Å². The molecule has 3 rings (SSSR count). The summed E-state index contributed by atoms with van der Waals surface area (Å²) in [5.41, 5.74) is 1.11. The largest absolute Gasteiger partial charge is 0.314 e. The van der Waals surface area contributed by atoms with E-state index in [1.54, 1.807) is 0 Å². The van der Waals surface area contributed by atoms with Gasteiger partial charge < -0.3 is 10.6 Å². The summed E-state index contributed by atoms with van der Waals surface area (Å²) in [7, 11) is 0. The summed E-state index contributed by atoms with van der Waals surface area (Å²) in [5, 5.41) is 7.39. The fraction of sp³-hybridized carbons (Fsp3) is 0.733. The molecule has 4 heteroatoms. The van der Waals surface area contributed by atoms with E-state index < -0.39 is 0 Å². The highest BCUT2D eigenvalue weighted by atomic mass is 15.0. The summed E-state index contributed by atoms with van der Waals surface area (Å²) >= 11 is 0. The molecule has 1 saturated carbocycles. The first kappa shape index (κ1) is 13.0. The van der Waals surface area contributed by atoms with Crippen LogP contribution in [0.1, 0.15) is 43.6 Å². The number of nitrogens with one attached hydrogen (secondary N) is 2. The summed E-state index contributed by atoms with van der Waals surface area (Å²) in [4.78, 5) is 8.62. The van der Waals surface area contributed by atoms with Crippen molar-refractivity contribution < 1.29 is 0 Å². The molecule has 1 aromatic heterocycles. The highest BCUT2D eigenvalue weighted by Gasteiger charge is 2.34. The van der Waals surface area contributed by atoms with Gasteiger partial charge in [0.2, 0.25) is 0 Å². The Kier molecular flexibility index (Phi) is 4.09. The van der Waals surface area contributed by atoms with Gasteiger partial charge in [-0.1, -0.05) is 6.42 Å². The molecule has 4 nitrogen and oxygen atoms in total. The molecule has 0 spiro atoms. The molecule has 0 radical (unpaired) electrons. The van der Waals surface area contributed by atoms with E-state index in [0.29, 0.717) is 6.04 Å². The molecule has 19 heavy (non-hydrogen) atoms. The lowest BCUT2D eigenvalue weighted by Gasteiger charge is -2.26. The first-order chi connectivity index (χ1) is 9.33. The van der Waals surface area contributed by atoms with Crippen molar-refractivity contribution in [2.75, 3.05) is 6.54 Å². The van der Waals surface area contributed by atoms with Crippen LogP contribution in [-0.4, -0.2) is 28.6 Å². The van der Waals surface area contributed by atoms with Crippen LogP contribution in [0.3, 0.4) is 0 Å². The quantitative estimate of drug-likeness (QED) is 0.866. The minimum Gasteiger partial charge on any atom is -0.314 e. The minimum absolute atomic E-state index is 0.658. The van der Waals surface area contributed by atoms with Crippen molar-refractivity contribution in [3.05, 3.63) is 23.8 Å². The van der Waals surface area contributed by atoms with Crippen LogP contribution < -0.4 is 10.6 Å². The lowest BCUT2D eigenvalue weighted by molar-refractivity contribution is 0.319. The lowest BCUT2D eigenvalue weighted by atomic mass is 9.93. The topological polar surface area (TPSA) is 49.8 Å². The number of nitrogens with zero attached hydrogens (tertiary/aromatic N) is 2. The Balaban J connectivity index is 1.56. The van der Waals surface area contributed by atoms with Gasteiger partial charge in [0.05, 0.1) is 5.69 Å². The standard InChI is InChI=1S/C15H24N4/c1-11-16-9-7-12(19-11)10-18-15-5-2-4-13(15)14-6-3-8-17-14/h7,9,13-15,17-18H,2-6,8,10H2,1H3. The number of hydrogen-bond donors (Lipinski definition) is 2. The summed E-state index contributed by atoms with van der Waals surface area (Å²) in [6, 6.07) is 3.41. The van der Waals surface area contributed by atoms with Crippen LogP contribution in [-0.2, 0) is 6.54 Å². The smallest absolute Gasteiger partial charge is 0.125 e. The molecule has 1 aliphatic heterocycles. The molecular weight excluding hydrogens is 236 g/mol. The van der Waals surface area contributed by atoms with Crippen LogP contribution in [0.2, 0.25) is 0 Å². The van der Waals surface area contributed by atoms with E-state index in [0.717, 1.165) is 30.0 Å². The average molecular weight is 260 g/mol. The molecule has 104 valence electrons. The maximum atomic E-state index is 4.47. The highest BCUT2D eigenvalue weighted by molar-refractivity contribution is 5.02. The highest BCUT2D eigenvalue weighted by Crippen LogP contribution is 2.32. The zero-order valence-electron chi connectivity index (χ0n) is 11.7. The molecule has 2 N–H and O–H groups in total. The Labute approximate surface area is 115 Å². The third-order valence-corrected chi connectivity index (χ3v) is 4.56. The van der Waals surface area contributed by atoms with E-state index in [1.165, 1.54) is 38.6 Å². The number of hydrogen-bond acceptors (Lipinski definition) is 4. The third kappa shape index (κ3) is 3.12. The Morgan fingerprint density at radius 3 is 3.05 bits per heavy atom. The van der Waals surface area contributed by atoms with E-state index >= 15 is 0 Å². The number of rotatable bonds is 4. The second-order valence-electron chi connectivity index (χ2n) is 5.88. The van der Waals surface area contributed by atoms with Crippen LogP contribution in [0.4, 0.5) is 0 Å². The molecule has 1 aliphatic carbocycles. The molecule has 0 bridgehead atoms. The van der Waals surface area contributed by atoms with Gasteiger partial charge in [0.1, 0.15) is 5.82 Å². The van der Waals surface area contributed by atoms with Gasteiger partial charge in [0.15, 0.2) is 0 Å². The van der Waals surface area contributed by atoms with Crippen LogP contribution in [0.25, 0.3) is 0 Å². The van der Waals surface area contributed by atoms with Gasteiger partial charge in [-0.05, 0) is 51.1 Å². The monoisotopic (exact) mass is 260 g/mol. The molecular formula is C15H24N4. The van der Waals surface area contributed by atoms with Gasteiger partial charge in [-0.3, -0.25) is 0 Å². The Hall–Kier alpha value is -1.00. The second-order valence-corrected chi connectivity index (χ2v) is 5.88. The zero-order valence-corrected chi connectivity index (χ0v) is 11.7. The summed E-state index contributed by atoms with van der Waals surface area (Å²) in [6.07, 6.45) is 8.60. The minimum atomic E-state index is 0.658. The number of aryl methyl sites for hydroxylation is 1. The lowest BCUT2D eigenvalue weighted by Crippen LogP contribution is -2.41. The Morgan fingerprint density at radius 1 is 1.32 bits per heavy atom. The zero-order chi connectivity index (χ0) is 13.1. The Morgan fingerprint density at radius 2 is 2.26 bits per heavy atom. The van der Waals surface area contributed by atoms with Crippen LogP contribution >= 0.6 is 0 Å². The summed E-state index contributed by atoms with van der Waals surface area (Å²) in [5.74, 6) is 1.67.